The van der Waals surface area contributed by atoms with Crippen molar-refractivity contribution < 1.29 is 6.85 Å². The van der Waals surface area contributed by atoms with Crippen LogP contribution in [-0.4, -0.2) is 0 Å². The Bertz CT molecular complexity index is 1930. The van der Waals surface area contributed by atoms with Gasteiger partial charge in [-0.2, -0.15) is 0 Å². The average Bonchev–Trinajstić information content (AvgIpc) is 3.45. The smallest absolute Gasteiger partial charge is 0.0727 e. The van der Waals surface area contributed by atoms with E-state index in [1.807, 2.05) is 48.5 Å². The Labute approximate surface area is 212 Å². The van der Waals surface area contributed by atoms with Crippen molar-refractivity contribution in [3.05, 3.63) is 142 Å². The second-order valence-corrected chi connectivity index (χ2v) is 10.2. The number of benzene rings is 5. The molecule has 1 atom stereocenters. The van der Waals surface area contributed by atoms with Gasteiger partial charge < -0.3 is 0 Å². The first-order valence-corrected chi connectivity index (χ1v) is 12.3. The normalized spacial score (nSPS) is 18.9. The molecule has 0 nitrogen and oxygen atoms in total. The van der Waals surface area contributed by atoms with Crippen LogP contribution < -0.4 is 0 Å². The largest absolute Gasteiger partial charge is 0.135 e. The molecular weight excluding hydrogens is 484 g/mol. The lowest BCUT2D eigenvalue weighted by molar-refractivity contribution is 0.777. The molecule has 0 aliphatic heterocycles. The molecular formula is C31H19BrS. The predicted molar refractivity (Wildman–Crippen MR) is 144 cm³/mol. The Morgan fingerprint density at radius 3 is 2.30 bits per heavy atom. The van der Waals surface area contributed by atoms with Crippen LogP contribution in [0, 0.1) is 0 Å². The highest BCUT2D eigenvalue weighted by atomic mass is 79.9. The third kappa shape index (κ3) is 2.57. The van der Waals surface area contributed by atoms with Gasteiger partial charge in [0.1, 0.15) is 0 Å². The standard InChI is InChI=1S/C31H19BrS/c32-21-17-18-27-25(19-21)22-11-4-6-14-26(22)31(27,20-9-2-1-3-10-20)28-15-8-13-24-23-12-5-7-16-29(23)33-30(24)28/h1-19H/i1D,2D,3D,9D,10D. The Balaban J connectivity index is 1.77. The van der Waals surface area contributed by atoms with Gasteiger partial charge in [-0.1, -0.05) is 113 Å². The van der Waals surface area contributed by atoms with Gasteiger partial charge in [-0.25, -0.2) is 0 Å². The van der Waals surface area contributed by atoms with E-state index in [1.54, 1.807) is 11.3 Å². The molecule has 1 aliphatic carbocycles. The summed E-state index contributed by atoms with van der Waals surface area (Å²) in [4.78, 5) is 0. The third-order valence-corrected chi connectivity index (χ3v) is 8.40. The van der Waals surface area contributed by atoms with Crippen LogP contribution in [0.5, 0.6) is 0 Å². The quantitative estimate of drug-likeness (QED) is 0.218. The summed E-state index contributed by atoms with van der Waals surface area (Å²) in [5.41, 5.74) is 3.89. The van der Waals surface area contributed by atoms with E-state index >= 15 is 0 Å². The first kappa shape index (κ1) is 14.8. The molecule has 1 heterocycles. The lowest BCUT2D eigenvalue weighted by Crippen LogP contribution is -2.28. The fourth-order valence-corrected chi connectivity index (χ4v) is 7.07. The fourth-order valence-electron chi connectivity index (χ4n) is 5.43. The second-order valence-electron chi connectivity index (χ2n) is 8.27. The molecule has 5 aromatic carbocycles. The van der Waals surface area contributed by atoms with Crippen molar-refractivity contribution in [1.82, 2.24) is 0 Å². The van der Waals surface area contributed by atoms with Crippen molar-refractivity contribution in [3.63, 3.8) is 0 Å². The summed E-state index contributed by atoms with van der Waals surface area (Å²) in [7, 11) is 0. The van der Waals surface area contributed by atoms with Crippen LogP contribution in [-0.2, 0) is 5.41 Å². The molecule has 0 bridgehead atoms. The number of hydrogen-bond donors (Lipinski definition) is 0. The monoisotopic (exact) mass is 507 g/mol. The molecule has 1 unspecified atom stereocenters. The van der Waals surface area contributed by atoms with E-state index in [0.717, 1.165) is 52.5 Å². The summed E-state index contributed by atoms with van der Waals surface area (Å²) in [6.45, 7) is 0. The van der Waals surface area contributed by atoms with Crippen molar-refractivity contribution in [2.75, 3.05) is 0 Å². The Morgan fingerprint density at radius 1 is 0.667 bits per heavy atom. The maximum absolute atomic E-state index is 9.14. The van der Waals surface area contributed by atoms with Gasteiger partial charge in [-0.05, 0) is 51.6 Å². The maximum atomic E-state index is 9.14. The van der Waals surface area contributed by atoms with E-state index in [1.165, 1.54) is 0 Å². The highest BCUT2D eigenvalue weighted by molar-refractivity contribution is 9.10. The van der Waals surface area contributed by atoms with E-state index in [4.69, 9.17) is 6.85 Å². The van der Waals surface area contributed by atoms with Gasteiger partial charge in [0, 0.05) is 24.6 Å². The van der Waals surface area contributed by atoms with Gasteiger partial charge >= 0.3 is 0 Å². The molecule has 2 heteroatoms. The van der Waals surface area contributed by atoms with Crippen LogP contribution in [0.1, 0.15) is 29.1 Å². The van der Waals surface area contributed by atoms with Crippen LogP contribution in [0.3, 0.4) is 0 Å². The zero-order valence-corrected chi connectivity index (χ0v) is 19.8. The van der Waals surface area contributed by atoms with E-state index in [2.05, 4.69) is 52.3 Å². The van der Waals surface area contributed by atoms with Gasteiger partial charge in [0.05, 0.1) is 12.3 Å². The Morgan fingerprint density at radius 2 is 1.39 bits per heavy atom. The molecule has 1 aliphatic rings. The molecule has 0 fully saturated rings. The number of hydrogen-bond acceptors (Lipinski definition) is 1. The van der Waals surface area contributed by atoms with Crippen molar-refractivity contribution in [1.29, 1.82) is 0 Å². The maximum Gasteiger partial charge on any atom is 0.0727 e. The molecule has 0 amide bonds. The molecule has 0 saturated carbocycles. The summed E-state index contributed by atoms with van der Waals surface area (Å²) in [6.07, 6.45) is 0. The topological polar surface area (TPSA) is 0 Å². The molecule has 7 rings (SSSR count). The summed E-state index contributed by atoms with van der Waals surface area (Å²) in [5, 5.41) is 2.24. The van der Waals surface area contributed by atoms with Gasteiger partial charge in [-0.15, -0.1) is 11.3 Å². The van der Waals surface area contributed by atoms with E-state index < -0.39 is 5.41 Å². The van der Waals surface area contributed by atoms with Crippen molar-refractivity contribution in [3.8, 4) is 11.1 Å². The zero-order valence-electron chi connectivity index (χ0n) is 22.4. The summed E-state index contributed by atoms with van der Waals surface area (Å²) in [5.74, 6) is 0. The first-order valence-electron chi connectivity index (χ1n) is 13.2. The van der Waals surface area contributed by atoms with Gasteiger partial charge in [-0.3, -0.25) is 0 Å². The van der Waals surface area contributed by atoms with E-state index in [9.17, 15) is 0 Å². The Hall–Kier alpha value is -3.20. The Kier molecular flexibility index (Phi) is 3.22. The molecule has 0 radical (unpaired) electrons. The lowest BCUT2D eigenvalue weighted by Gasteiger charge is -2.34. The molecule has 0 spiro atoms. The minimum absolute atomic E-state index is 0.181. The fraction of sp³-hybridized carbons (Fsp3) is 0.0323. The SMILES string of the molecule is [2H]c1c([2H])c([2H])c(C2(c3cccc4c3sc3ccccc34)c3ccccc3-c3cc(Br)ccc32)c([2H])c1[2H]. The minimum atomic E-state index is -1.11. The number of thiophene rings is 1. The molecule has 6 aromatic rings. The first-order chi connectivity index (χ1) is 18.4. The van der Waals surface area contributed by atoms with Crippen LogP contribution in [0.15, 0.2) is 120 Å². The minimum Gasteiger partial charge on any atom is -0.135 e. The molecule has 1 aromatic heterocycles. The number of halogens is 1. The molecule has 0 saturated heterocycles. The summed E-state index contributed by atoms with van der Waals surface area (Å²) in [6, 6.07) is 27.2. The zero-order chi connectivity index (χ0) is 26.3. The van der Waals surface area contributed by atoms with E-state index in [0.29, 0.717) is 0 Å². The third-order valence-electron chi connectivity index (χ3n) is 6.69. The van der Waals surface area contributed by atoms with Gasteiger partial charge in [0.15, 0.2) is 0 Å². The van der Waals surface area contributed by atoms with Crippen LogP contribution in [0.2, 0.25) is 0 Å². The van der Waals surface area contributed by atoms with Crippen LogP contribution >= 0.6 is 27.3 Å². The number of fused-ring (bicyclic) bond motifs is 6. The molecule has 156 valence electrons. The highest BCUT2D eigenvalue weighted by Gasteiger charge is 2.47. The van der Waals surface area contributed by atoms with Crippen LogP contribution in [0.4, 0.5) is 0 Å². The predicted octanol–water partition coefficient (Wildman–Crippen LogP) is 9.18. The van der Waals surface area contributed by atoms with Gasteiger partial charge in [0.25, 0.3) is 0 Å². The van der Waals surface area contributed by atoms with Crippen molar-refractivity contribution >= 4 is 47.4 Å². The summed E-state index contributed by atoms with van der Waals surface area (Å²) < 4.78 is 46.9. The summed E-state index contributed by atoms with van der Waals surface area (Å²) >= 11 is 5.32. The van der Waals surface area contributed by atoms with Crippen molar-refractivity contribution in [2.45, 2.75) is 5.41 Å². The number of rotatable bonds is 2. The van der Waals surface area contributed by atoms with Crippen molar-refractivity contribution in [2.24, 2.45) is 0 Å². The molecule has 0 N–H and O–H groups in total. The van der Waals surface area contributed by atoms with Gasteiger partial charge in [0.2, 0.25) is 0 Å². The second kappa shape index (κ2) is 7.15. The van der Waals surface area contributed by atoms with Crippen LogP contribution in [0.25, 0.3) is 31.3 Å². The van der Waals surface area contributed by atoms with E-state index in [-0.39, 0.29) is 35.8 Å². The average molecular weight is 508 g/mol. The lowest BCUT2D eigenvalue weighted by atomic mass is 9.67. The molecule has 33 heavy (non-hydrogen) atoms. The highest BCUT2D eigenvalue weighted by Crippen LogP contribution is 2.58.